The molecule has 0 N–H and O–H groups in total. The Balaban J connectivity index is 2.11. The van der Waals surface area contributed by atoms with Crippen molar-refractivity contribution >= 4 is 27.1 Å². The molecule has 0 unspecified atom stereocenters. The number of sulfone groups is 1. The van der Waals surface area contributed by atoms with Crippen LogP contribution in [0.15, 0.2) is 10.5 Å². The molecule has 0 saturated heterocycles. The van der Waals surface area contributed by atoms with Crippen molar-refractivity contribution in [2.45, 2.75) is 40.1 Å². The first-order valence-electron chi connectivity index (χ1n) is 7.08. The molecule has 23 heavy (non-hydrogen) atoms. The van der Waals surface area contributed by atoms with E-state index in [2.05, 4.69) is 0 Å². The Morgan fingerprint density at radius 3 is 2.39 bits per heavy atom. The maximum atomic E-state index is 12.2. The topological polar surface area (TPSA) is 73.6 Å². The second kappa shape index (κ2) is 6.49. The number of hydrogen-bond donors (Lipinski definition) is 0. The summed E-state index contributed by atoms with van der Waals surface area (Å²) in [5, 5.41) is 0. The fourth-order valence-electron chi connectivity index (χ4n) is 2.31. The maximum Gasteiger partial charge on any atom is 0.348 e. The molecule has 2 rings (SSSR count). The lowest BCUT2D eigenvalue weighted by Gasteiger charge is -2.03. The van der Waals surface area contributed by atoms with Gasteiger partial charge < -0.3 is 9.15 Å². The van der Waals surface area contributed by atoms with Gasteiger partial charge in [-0.05, 0) is 44.9 Å². The normalized spacial score (nSPS) is 11.7. The summed E-state index contributed by atoms with van der Waals surface area (Å²) in [6, 6.07) is 1.60. The van der Waals surface area contributed by atoms with Crippen LogP contribution in [0.2, 0.25) is 0 Å². The third-order valence-electron chi connectivity index (χ3n) is 3.70. The molecule has 0 radical (unpaired) electrons. The van der Waals surface area contributed by atoms with E-state index in [1.807, 2.05) is 20.8 Å². The van der Waals surface area contributed by atoms with Crippen molar-refractivity contribution in [2.24, 2.45) is 0 Å². The number of carbonyl (C=O) groups excluding carboxylic acids is 1. The lowest BCUT2D eigenvalue weighted by atomic mass is 10.1. The lowest BCUT2D eigenvalue weighted by molar-refractivity contribution is 0.0476. The predicted molar refractivity (Wildman–Crippen MR) is 89.6 cm³/mol. The summed E-state index contributed by atoms with van der Waals surface area (Å²) in [6.07, 6.45) is 1.18. The fraction of sp³-hybridized carbons (Fsp3) is 0.438. The minimum absolute atomic E-state index is 0.0677. The summed E-state index contributed by atoms with van der Waals surface area (Å²) in [5.74, 6) is 1.04. The number of esters is 1. The van der Waals surface area contributed by atoms with Gasteiger partial charge in [0.15, 0.2) is 9.84 Å². The van der Waals surface area contributed by atoms with Gasteiger partial charge in [0.25, 0.3) is 0 Å². The minimum Gasteiger partial charge on any atom is -0.466 e. The van der Waals surface area contributed by atoms with E-state index in [9.17, 15) is 13.2 Å². The highest BCUT2D eigenvalue weighted by Crippen LogP contribution is 2.26. The molecule has 0 aliphatic heterocycles. The third kappa shape index (κ3) is 4.23. The first-order chi connectivity index (χ1) is 10.6. The van der Waals surface area contributed by atoms with Crippen LogP contribution in [0.5, 0.6) is 0 Å². The molecule has 0 saturated carbocycles. The standard InChI is InChI=1S/C16H20O5S2/c1-9-10(2)21-11(3)14(9)7-20-16(17)15-6-13(12(4)22-15)8-23(5,18)19/h6H,7-8H2,1-5H3. The molecule has 126 valence electrons. The monoisotopic (exact) mass is 356 g/mol. The molecular formula is C16H20O5S2. The average molecular weight is 356 g/mol. The van der Waals surface area contributed by atoms with Gasteiger partial charge in [-0.15, -0.1) is 11.3 Å². The number of thiophene rings is 1. The number of furan rings is 1. The first kappa shape index (κ1) is 17.7. The highest BCUT2D eigenvalue weighted by Gasteiger charge is 2.18. The molecule has 0 atom stereocenters. The van der Waals surface area contributed by atoms with E-state index in [1.165, 1.54) is 17.6 Å². The summed E-state index contributed by atoms with van der Waals surface area (Å²) >= 11 is 1.25. The Hall–Kier alpha value is -1.60. The van der Waals surface area contributed by atoms with Crippen LogP contribution >= 0.6 is 11.3 Å². The second-order valence-electron chi connectivity index (χ2n) is 5.66. The van der Waals surface area contributed by atoms with Crippen molar-refractivity contribution in [1.29, 1.82) is 0 Å². The highest BCUT2D eigenvalue weighted by atomic mass is 32.2. The van der Waals surface area contributed by atoms with Crippen LogP contribution in [-0.4, -0.2) is 20.6 Å². The molecule has 0 fully saturated rings. The van der Waals surface area contributed by atoms with Crippen LogP contribution in [0.25, 0.3) is 0 Å². The number of ether oxygens (including phenoxy) is 1. The van der Waals surface area contributed by atoms with Crippen LogP contribution in [0.1, 0.15) is 42.8 Å². The van der Waals surface area contributed by atoms with Gasteiger partial charge in [-0.25, -0.2) is 13.2 Å². The summed E-state index contributed by atoms with van der Waals surface area (Å²) < 4.78 is 33.7. The molecule has 0 bridgehead atoms. The molecule has 7 heteroatoms. The van der Waals surface area contributed by atoms with Crippen molar-refractivity contribution in [3.63, 3.8) is 0 Å². The lowest BCUT2D eigenvalue weighted by Crippen LogP contribution is -2.04. The van der Waals surface area contributed by atoms with Crippen molar-refractivity contribution in [3.8, 4) is 0 Å². The predicted octanol–water partition coefficient (Wildman–Crippen LogP) is 3.48. The van der Waals surface area contributed by atoms with E-state index in [4.69, 9.17) is 9.15 Å². The number of aryl methyl sites for hydroxylation is 3. The Morgan fingerprint density at radius 2 is 1.87 bits per heavy atom. The third-order valence-corrected chi connectivity index (χ3v) is 5.61. The SMILES string of the molecule is Cc1oc(C)c(COC(=O)c2cc(CS(C)(=O)=O)c(C)s2)c1C. The Morgan fingerprint density at radius 1 is 1.22 bits per heavy atom. The maximum absolute atomic E-state index is 12.2. The summed E-state index contributed by atoms with van der Waals surface area (Å²) in [5.41, 5.74) is 2.51. The van der Waals surface area contributed by atoms with Crippen LogP contribution < -0.4 is 0 Å². The quantitative estimate of drug-likeness (QED) is 0.767. The van der Waals surface area contributed by atoms with Crippen LogP contribution in [0, 0.1) is 27.7 Å². The van der Waals surface area contributed by atoms with Crippen LogP contribution in [-0.2, 0) is 26.9 Å². The summed E-state index contributed by atoms with van der Waals surface area (Å²) in [6.45, 7) is 7.58. The van der Waals surface area contributed by atoms with Gasteiger partial charge in [0.1, 0.15) is 23.0 Å². The zero-order valence-corrected chi connectivity index (χ0v) is 15.5. The summed E-state index contributed by atoms with van der Waals surface area (Å²) in [4.78, 5) is 13.4. The van der Waals surface area contributed by atoms with E-state index < -0.39 is 15.8 Å². The molecule has 2 heterocycles. The first-order valence-corrected chi connectivity index (χ1v) is 9.96. The largest absolute Gasteiger partial charge is 0.466 e. The van der Waals surface area contributed by atoms with Gasteiger partial charge in [0.05, 0.1) is 5.75 Å². The molecule has 5 nitrogen and oxygen atoms in total. The smallest absolute Gasteiger partial charge is 0.348 e. The zero-order valence-electron chi connectivity index (χ0n) is 13.8. The molecule has 0 aromatic carbocycles. The van der Waals surface area contributed by atoms with E-state index in [0.717, 1.165) is 27.5 Å². The van der Waals surface area contributed by atoms with E-state index in [0.29, 0.717) is 10.4 Å². The zero-order chi connectivity index (χ0) is 17.4. The number of hydrogen-bond acceptors (Lipinski definition) is 6. The van der Waals surface area contributed by atoms with Crippen molar-refractivity contribution in [3.05, 3.63) is 44.0 Å². The van der Waals surface area contributed by atoms with Crippen molar-refractivity contribution < 1.29 is 22.4 Å². The number of carbonyl (C=O) groups is 1. The minimum atomic E-state index is -3.13. The van der Waals surface area contributed by atoms with Gasteiger partial charge in [0, 0.05) is 16.7 Å². The van der Waals surface area contributed by atoms with Gasteiger partial charge in [0.2, 0.25) is 0 Å². The Bertz CT molecular complexity index is 840. The average Bonchev–Trinajstić information content (AvgIpc) is 2.88. The molecule has 0 aliphatic rings. The van der Waals surface area contributed by atoms with Gasteiger partial charge in [-0.3, -0.25) is 0 Å². The molecular weight excluding hydrogens is 336 g/mol. The Labute approximate surface area is 140 Å². The van der Waals surface area contributed by atoms with Gasteiger partial charge >= 0.3 is 5.97 Å². The summed E-state index contributed by atoms with van der Waals surface area (Å²) in [7, 11) is -3.13. The highest BCUT2D eigenvalue weighted by molar-refractivity contribution is 7.89. The van der Waals surface area contributed by atoms with Crippen LogP contribution in [0.4, 0.5) is 0 Å². The fourth-order valence-corrected chi connectivity index (χ4v) is 4.20. The molecule has 2 aromatic heterocycles. The van der Waals surface area contributed by atoms with E-state index >= 15 is 0 Å². The Kier molecular flexibility index (Phi) is 5.01. The van der Waals surface area contributed by atoms with Gasteiger partial charge in [-0.1, -0.05) is 0 Å². The van der Waals surface area contributed by atoms with Crippen molar-refractivity contribution in [2.75, 3.05) is 6.26 Å². The molecule has 0 amide bonds. The van der Waals surface area contributed by atoms with E-state index in [1.54, 1.807) is 13.0 Å². The molecule has 0 spiro atoms. The van der Waals surface area contributed by atoms with Crippen LogP contribution in [0.3, 0.4) is 0 Å². The second-order valence-corrected chi connectivity index (χ2v) is 9.05. The van der Waals surface area contributed by atoms with E-state index in [-0.39, 0.29) is 12.4 Å². The molecule has 0 aliphatic carbocycles. The van der Waals surface area contributed by atoms with Crippen molar-refractivity contribution in [1.82, 2.24) is 0 Å². The number of rotatable bonds is 5. The van der Waals surface area contributed by atoms with Gasteiger partial charge in [-0.2, -0.15) is 0 Å². The molecule has 2 aromatic rings.